The number of rotatable bonds is 2. The quantitative estimate of drug-likeness (QED) is 0.818. The molecule has 1 unspecified atom stereocenters. The van der Waals surface area contributed by atoms with Crippen LogP contribution in [-0.2, 0) is 4.79 Å². The van der Waals surface area contributed by atoms with E-state index in [0.717, 1.165) is 35.4 Å². The van der Waals surface area contributed by atoms with Crippen molar-refractivity contribution in [1.82, 2.24) is 5.32 Å². The summed E-state index contributed by atoms with van der Waals surface area (Å²) < 4.78 is 1.02. The minimum Gasteiger partial charge on any atom is -0.397 e. The Bertz CT molecular complexity index is 436. The van der Waals surface area contributed by atoms with Gasteiger partial charge in [0.2, 0.25) is 5.91 Å². The van der Waals surface area contributed by atoms with Gasteiger partial charge in [-0.1, -0.05) is 15.9 Å². The van der Waals surface area contributed by atoms with Crippen molar-refractivity contribution in [1.29, 1.82) is 0 Å². The Balaban J connectivity index is 2.09. The second-order valence-corrected chi connectivity index (χ2v) is 5.25. The zero-order valence-electron chi connectivity index (χ0n) is 9.74. The second-order valence-electron chi connectivity index (χ2n) is 4.34. The fourth-order valence-corrected chi connectivity index (χ4v) is 2.52. The molecule has 3 N–H and O–H groups in total. The van der Waals surface area contributed by atoms with E-state index in [9.17, 15) is 4.79 Å². The number of nitrogens with two attached hydrogens (primary N) is 1. The SMILES string of the molecule is CC(=O)NC1CCN(c2cc(Br)ccc2N)C1. The van der Waals surface area contributed by atoms with Crippen molar-refractivity contribution in [3.8, 4) is 0 Å². The maximum absolute atomic E-state index is 11.0. The molecule has 92 valence electrons. The van der Waals surface area contributed by atoms with E-state index in [-0.39, 0.29) is 11.9 Å². The van der Waals surface area contributed by atoms with Crippen LogP contribution < -0.4 is 16.0 Å². The van der Waals surface area contributed by atoms with Gasteiger partial charge in [-0.2, -0.15) is 0 Å². The van der Waals surface area contributed by atoms with E-state index in [1.54, 1.807) is 6.92 Å². The summed E-state index contributed by atoms with van der Waals surface area (Å²) in [5.41, 5.74) is 7.78. The summed E-state index contributed by atoms with van der Waals surface area (Å²) in [7, 11) is 0. The van der Waals surface area contributed by atoms with Gasteiger partial charge in [-0.25, -0.2) is 0 Å². The standard InChI is InChI=1S/C12H16BrN3O/c1-8(17)15-10-4-5-16(7-10)12-6-9(13)2-3-11(12)14/h2-3,6,10H,4-5,7,14H2,1H3,(H,15,17). The molecule has 1 aliphatic heterocycles. The van der Waals surface area contributed by atoms with Crippen LogP contribution in [0.4, 0.5) is 11.4 Å². The van der Waals surface area contributed by atoms with Crippen molar-refractivity contribution in [3.63, 3.8) is 0 Å². The Morgan fingerprint density at radius 2 is 2.35 bits per heavy atom. The molecule has 0 aliphatic carbocycles. The second kappa shape index (κ2) is 4.96. The van der Waals surface area contributed by atoms with Crippen molar-refractivity contribution in [2.75, 3.05) is 23.7 Å². The van der Waals surface area contributed by atoms with Crippen LogP contribution in [0.25, 0.3) is 0 Å². The lowest BCUT2D eigenvalue weighted by Crippen LogP contribution is -2.35. The highest BCUT2D eigenvalue weighted by Gasteiger charge is 2.24. The van der Waals surface area contributed by atoms with Gasteiger partial charge in [0.25, 0.3) is 0 Å². The minimum atomic E-state index is 0.0269. The van der Waals surface area contributed by atoms with Gasteiger partial charge in [0.05, 0.1) is 11.4 Å². The zero-order chi connectivity index (χ0) is 12.4. The summed E-state index contributed by atoms with van der Waals surface area (Å²) in [5, 5.41) is 2.94. The van der Waals surface area contributed by atoms with Crippen LogP contribution >= 0.6 is 15.9 Å². The molecule has 1 aromatic carbocycles. The van der Waals surface area contributed by atoms with Gasteiger partial charge in [-0.15, -0.1) is 0 Å². The first-order chi connectivity index (χ1) is 8.06. The number of hydrogen-bond donors (Lipinski definition) is 2. The lowest BCUT2D eigenvalue weighted by molar-refractivity contribution is -0.119. The van der Waals surface area contributed by atoms with Crippen LogP contribution in [0.1, 0.15) is 13.3 Å². The molecule has 1 fully saturated rings. The molecule has 1 saturated heterocycles. The summed E-state index contributed by atoms with van der Waals surface area (Å²) in [6.07, 6.45) is 0.964. The van der Waals surface area contributed by atoms with Gasteiger partial charge in [0.15, 0.2) is 0 Å². The van der Waals surface area contributed by atoms with Gasteiger partial charge in [0, 0.05) is 30.5 Å². The van der Waals surface area contributed by atoms with Gasteiger partial charge < -0.3 is 16.0 Å². The van der Waals surface area contributed by atoms with Crippen molar-refractivity contribution in [2.24, 2.45) is 0 Å². The van der Waals surface area contributed by atoms with Crippen molar-refractivity contribution < 1.29 is 4.79 Å². The average molecular weight is 298 g/mol. The Hall–Kier alpha value is -1.23. The Morgan fingerprint density at radius 3 is 3.06 bits per heavy atom. The first-order valence-corrected chi connectivity index (χ1v) is 6.42. The molecule has 1 aromatic rings. The smallest absolute Gasteiger partial charge is 0.217 e. The Labute approximate surface area is 109 Å². The summed E-state index contributed by atoms with van der Waals surface area (Å²) >= 11 is 3.45. The molecule has 1 atom stereocenters. The third kappa shape index (κ3) is 2.91. The van der Waals surface area contributed by atoms with E-state index in [1.165, 1.54) is 0 Å². The van der Waals surface area contributed by atoms with Crippen molar-refractivity contribution >= 4 is 33.2 Å². The molecular weight excluding hydrogens is 282 g/mol. The monoisotopic (exact) mass is 297 g/mol. The minimum absolute atomic E-state index is 0.0269. The van der Waals surface area contributed by atoms with E-state index < -0.39 is 0 Å². The van der Waals surface area contributed by atoms with Gasteiger partial charge in [-0.3, -0.25) is 4.79 Å². The van der Waals surface area contributed by atoms with Crippen molar-refractivity contribution in [3.05, 3.63) is 22.7 Å². The highest BCUT2D eigenvalue weighted by molar-refractivity contribution is 9.10. The van der Waals surface area contributed by atoms with Crippen LogP contribution in [0.2, 0.25) is 0 Å². The number of amides is 1. The van der Waals surface area contributed by atoms with E-state index >= 15 is 0 Å². The van der Waals surface area contributed by atoms with Crippen LogP contribution in [0.3, 0.4) is 0 Å². The van der Waals surface area contributed by atoms with Crippen LogP contribution in [0, 0.1) is 0 Å². The highest BCUT2D eigenvalue weighted by atomic mass is 79.9. The molecule has 0 saturated carbocycles. The molecule has 1 heterocycles. The molecular formula is C12H16BrN3O. The summed E-state index contributed by atoms with van der Waals surface area (Å²) in [6, 6.07) is 6.07. The number of nitrogen functional groups attached to an aromatic ring is 1. The molecule has 4 nitrogen and oxygen atoms in total. The predicted molar refractivity (Wildman–Crippen MR) is 73.0 cm³/mol. The molecule has 0 spiro atoms. The third-order valence-corrected chi connectivity index (χ3v) is 3.42. The van der Waals surface area contributed by atoms with E-state index in [1.807, 2.05) is 18.2 Å². The topological polar surface area (TPSA) is 58.4 Å². The molecule has 0 bridgehead atoms. The number of anilines is 2. The largest absolute Gasteiger partial charge is 0.397 e. The third-order valence-electron chi connectivity index (χ3n) is 2.93. The average Bonchev–Trinajstić information content (AvgIpc) is 2.69. The van der Waals surface area contributed by atoms with Gasteiger partial charge in [-0.05, 0) is 24.6 Å². The molecule has 1 aliphatic rings. The molecule has 0 aromatic heterocycles. The number of nitrogens with one attached hydrogen (secondary N) is 1. The molecule has 17 heavy (non-hydrogen) atoms. The lowest BCUT2D eigenvalue weighted by Gasteiger charge is -2.21. The lowest BCUT2D eigenvalue weighted by atomic mass is 10.2. The maximum atomic E-state index is 11.0. The maximum Gasteiger partial charge on any atom is 0.217 e. The molecule has 2 rings (SSSR count). The van der Waals surface area contributed by atoms with E-state index in [4.69, 9.17) is 5.73 Å². The predicted octanol–water partition coefficient (Wildman–Crippen LogP) is 1.75. The zero-order valence-corrected chi connectivity index (χ0v) is 11.3. The fraction of sp³-hybridized carbons (Fsp3) is 0.417. The van der Waals surface area contributed by atoms with Crippen molar-refractivity contribution in [2.45, 2.75) is 19.4 Å². The van der Waals surface area contributed by atoms with E-state index in [0.29, 0.717) is 0 Å². The van der Waals surface area contributed by atoms with E-state index in [2.05, 4.69) is 26.1 Å². The van der Waals surface area contributed by atoms with Crippen LogP contribution in [0.5, 0.6) is 0 Å². The molecule has 5 heteroatoms. The first kappa shape index (κ1) is 12.2. The number of halogens is 1. The number of hydrogen-bond acceptors (Lipinski definition) is 3. The van der Waals surface area contributed by atoms with Gasteiger partial charge >= 0.3 is 0 Å². The van der Waals surface area contributed by atoms with Crippen LogP contribution in [0.15, 0.2) is 22.7 Å². The summed E-state index contributed by atoms with van der Waals surface area (Å²) in [4.78, 5) is 13.2. The normalized spacial score (nSPS) is 19.4. The van der Waals surface area contributed by atoms with Gasteiger partial charge in [0.1, 0.15) is 0 Å². The Morgan fingerprint density at radius 1 is 1.59 bits per heavy atom. The van der Waals surface area contributed by atoms with Crippen LogP contribution in [-0.4, -0.2) is 25.0 Å². The highest BCUT2D eigenvalue weighted by Crippen LogP contribution is 2.29. The number of carbonyl (C=O) groups is 1. The molecule has 1 amide bonds. The first-order valence-electron chi connectivity index (χ1n) is 5.63. The summed E-state index contributed by atoms with van der Waals surface area (Å²) in [6.45, 7) is 3.29. The summed E-state index contributed by atoms with van der Waals surface area (Å²) in [5.74, 6) is 0.0269. The Kier molecular flexibility index (Phi) is 3.57. The number of benzene rings is 1. The number of nitrogens with zero attached hydrogens (tertiary/aromatic N) is 1. The molecule has 0 radical (unpaired) electrons. The number of carbonyl (C=O) groups excluding carboxylic acids is 1. The fourth-order valence-electron chi connectivity index (χ4n) is 2.18.